The summed E-state index contributed by atoms with van der Waals surface area (Å²) >= 11 is 7.02. The van der Waals surface area contributed by atoms with Crippen LogP contribution in [0, 0.1) is 17.0 Å². The van der Waals surface area contributed by atoms with Crippen molar-refractivity contribution in [3.63, 3.8) is 0 Å². The van der Waals surface area contributed by atoms with E-state index in [4.69, 9.17) is 11.6 Å². The molecule has 2 rings (SSSR count). The van der Waals surface area contributed by atoms with E-state index in [0.29, 0.717) is 0 Å². The highest BCUT2D eigenvalue weighted by Crippen LogP contribution is 2.27. The lowest BCUT2D eigenvalue weighted by Gasteiger charge is -2.05. The van der Waals surface area contributed by atoms with Gasteiger partial charge in [0.15, 0.2) is 0 Å². The number of nitro benzene ring substituents is 1. The summed E-state index contributed by atoms with van der Waals surface area (Å²) in [6.07, 6.45) is 1.58. The van der Waals surface area contributed by atoms with Crippen LogP contribution in [0.2, 0.25) is 5.02 Å². The van der Waals surface area contributed by atoms with Gasteiger partial charge >= 0.3 is 0 Å². The molecule has 0 saturated heterocycles. The third-order valence-corrected chi connectivity index (χ3v) is 5.16. The number of thiazole rings is 1. The molecule has 0 radical (unpaired) electrons. The summed E-state index contributed by atoms with van der Waals surface area (Å²) in [5, 5.41) is 11.5. The molecular formula is C11H10ClN3O4S2. The van der Waals surface area contributed by atoms with Gasteiger partial charge in [-0.05, 0) is 19.1 Å². The van der Waals surface area contributed by atoms with Gasteiger partial charge in [0.1, 0.15) is 5.02 Å². The number of nitrogens with one attached hydrogen (secondary N) is 1. The van der Waals surface area contributed by atoms with Gasteiger partial charge in [-0.15, -0.1) is 11.3 Å². The van der Waals surface area contributed by atoms with Crippen LogP contribution >= 0.6 is 22.9 Å². The zero-order valence-corrected chi connectivity index (χ0v) is 13.1. The fourth-order valence-electron chi connectivity index (χ4n) is 1.54. The number of nitro groups is 1. The molecule has 0 aliphatic carbocycles. The van der Waals surface area contributed by atoms with Crippen LogP contribution in [0.3, 0.4) is 0 Å². The van der Waals surface area contributed by atoms with Crippen molar-refractivity contribution in [3.05, 3.63) is 49.4 Å². The zero-order valence-electron chi connectivity index (χ0n) is 10.7. The normalized spacial score (nSPS) is 11.5. The van der Waals surface area contributed by atoms with Crippen molar-refractivity contribution in [2.24, 2.45) is 0 Å². The molecule has 10 heteroatoms. The number of aryl methyl sites for hydroxylation is 1. The second-order valence-corrected chi connectivity index (χ2v) is 7.53. The SMILES string of the molecule is Cc1ncc(CNS(=O)(=O)c2ccc(Cl)c([N+](=O)[O-])c2)s1. The van der Waals surface area contributed by atoms with Crippen molar-refractivity contribution in [1.82, 2.24) is 9.71 Å². The van der Waals surface area contributed by atoms with E-state index in [9.17, 15) is 18.5 Å². The fourth-order valence-corrected chi connectivity index (χ4v) is 3.57. The molecule has 1 aromatic heterocycles. The molecule has 0 fully saturated rings. The molecular weight excluding hydrogens is 338 g/mol. The number of hydrogen-bond donors (Lipinski definition) is 1. The highest BCUT2D eigenvalue weighted by atomic mass is 35.5. The van der Waals surface area contributed by atoms with Gasteiger partial charge in [-0.2, -0.15) is 0 Å². The number of aromatic nitrogens is 1. The number of nitrogens with zero attached hydrogens (tertiary/aromatic N) is 2. The molecule has 0 aliphatic rings. The fraction of sp³-hybridized carbons (Fsp3) is 0.182. The number of benzene rings is 1. The van der Waals surface area contributed by atoms with Gasteiger partial charge in [0.2, 0.25) is 10.0 Å². The van der Waals surface area contributed by atoms with Crippen LogP contribution in [0.15, 0.2) is 29.3 Å². The lowest BCUT2D eigenvalue weighted by Crippen LogP contribution is -2.22. The molecule has 0 unspecified atom stereocenters. The number of halogens is 1. The van der Waals surface area contributed by atoms with Crippen LogP contribution in [-0.2, 0) is 16.6 Å². The number of hydrogen-bond acceptors (Lipinski definition) is 6. The average Bonchev–Trinajstić information content (AvgIpc) is 2.82. The van der Waals surface area contributed by atoms with E-state index in [1.165, 1.54) is 23.5 Å². The molecule has 112 valence electrons. The smallest absolute Gasteiger partial charge is 0.258 e. The van der Waals surface area contributed by atoms with Crippen molar-refractivity contribution in [1.29, 1.82) is 0 Å². The second kappa shape index (κ2) is 6.06. The third kappa shape index (κ3) is 3.76. The minimum Gasteiger partial charge on any atom is -0.258 e. The predicted octanol–water partition coefficient (Wildman–Crippen LogP) is 2.49. The van der Waals surface area contributed by atoms with E-state index in [1.54, 1.807) is 6.20 Å². The first-order valence-corrected chi connectivity index (χ1v) is 8.32. The molecule has 1 aromatic carbocycles. The molecule has 1 N–H and O–H groups in total. The molecule has 1 heterocycles. The van der Waals surface area contributed by atoms with Crippen molar-refractivity contribution in [3.8, 4) is 0 Å². The Labute approximate surface area is 129 Å². The molecule has 0 saturated carbocycles. The van der Waals surface area contributed by atoms with Crippen molar-refractivity contribution in [2.75, 3.05) is 0 Å². The largest absolute Gasteiger partial charge is 0.289 e. The first kappa shape index (κ1) is 15.8. The minimum absolute atomic E-state index is 0.0737. The highest BCUT2D eigenvalue weighted by molar-refractivity contribution is 7.89. The van der Waals surface area contributed by atoms with Crippen LogP contribution in [-0.4, -0.2) is 18.3 Å². The van der Waals surface area contributed by atoms with Crippen LogP contribution in [0.25, 0.3) is 0 Å². The molecule has 7 nitrogen and oxygen atoms in total. The van der Waals surface area contributed by atoms with Crippen LogP contribution < -0.4 is 4.72 Å². The van der Waals surface area contributed by atoms with Crippen LogP contribution in [0.5, 0.6) is 0 Å². The van der Waals surface area contributed by atoms with Crippen molar-refractivity contribution in [2.45, 2.75) is 18.4 Å². The van der Waals surface area contributed by atoms with E-state index in [0.717, 1.165) is 16.0 Å². The van der Waals surface area contributed by atoms with E-state index >= 15 is 0 Å². The maximum atomic E-state index is 12.1. The van der Waals surface area contributed by atoms with Gasteiger partial charge in [0.25, 0.3) is 5.69 Å². The van der Waals surface area contributed by atoms with Gasteiger partial charge in [-0.25, -0.2) is 18.1 Å². The first-order valence-electron chi connectivity index (χ1n) is 5.64. The Hall–Kier alpha value is -1.55. The lowest BCUT2D eigenvalue weighted by molar-refractivity contribution is -0.384. The van der Waals surface area contributed by atoms with E-state index in [2.05, 4.69) is 9.71 Å². The summed E-state index contributed by atoms with van der Waals surface area (Å²) in [5.41, 5.74) is -0.451. The Morgan fingerprint density at radius 1 is 1.48 bits per heavy atom. The van der Waals surface area contributed by atoms with Gasteiger partial charge in [0, 0.05) is 23.7 Å². The standard InChI is InChI=1S/C11H10ClN3O4S2/c1-7-13-5-8(20-7)6-14-21(18,19)9-2-3-10(12)11(4-9)15(16)17/h2-5,14H,6H2,1H3. The summed E-state index contributed by atoms with van der Waals surface area (Å²) in [6, 6.07) is 3.34. The van der Waals surface area contributed by atoms with E-state index in [-0.39, 0.29) is 16.5 Å². The third-order valence-electron chi connectivity index (χ3n) is 2.53. The Morgan fingerprint density at radius 2 is 2.19 bits per heavy atom. The topological polar surface area (TPSA) is 102 Å². The summed E-state index contributed by atoms with van der Waals surface area (Å²) in [5.74, 6) is 0. The van der Waals surface area contributed by atoms with Gasteiger partial charge < -0.3 is 0 Å². The molecule has 0 bridgehead atoms. The maximum Gasteiger partial charge on any atom is 0.289 e. The zero-order chi connectivity index (χ0) is 15.6. The first-order chi connectivity index (χ1) is 9.79. The number of sulfonamides is 1. The summed E-state index contributed by atoms with van der Waals surface area (Å²) in [7, 11) is -3.86. The minimum atomic E-state index is -3.86. The van der Waals surface area contributed by atoms with Gasteiger partial charge in [0.05, 0.1) is 14.8 Å². The van der Waals surface area contributed by atoms with Crippen molar-refractivity contribution >= 4 is 38.6 Å². The average molecular weight is 348 g/mol. The van der Waals surface area contributed by atoms with Crippen LogP contribution in [0.4, 0.5) is 5.69 Å². The summed E-state index contributed by atoms with van der Waals surface area (Å²) in [6.45, 7) is 1.88. The lowest BCUT2D eigenvalue weighted by atomic mass is 10.3. The van der Waals surface area contributed by atoms with Gasteiger partial charge in [-0.3, -0.25) is 10.1 Å². The second-order valence-electron chi connectivity index (χ2n) is 4.04. The quantitative estimate of drug-likeness (QED) is 0.661. The Bertz CT molecular complexity index is 789. The summed E-state index contributed by atoms with van der Waals surface area (Å²) < 4.78 is 26.6. The summed E-state index contributed by atoms with van der Waals surface area (Å²) in [4.78, 5) is 14.6. The molecule has 0 atom stereocenters. The Morgan fingerprint density at radius 3 is 2.76 bits per heavy atom. The monoisotopic (exact) mass is 347 g/mol. The number of rotatable bonds is 5. The van der Waals surface area contributed by atoms with E-state index in [1.807, 2.05) is 6.92 Å². The molecule has 21 heavy (non-hydrogen) atoms. The van der Waals surface area contributed by atoms with Gasteiger partial charge in [-0.1, -0.05) is 11.6 Å². The molecule has 0 amide bonds. The Balaban J connectivity index is 2.23. The van der Waals surface area contributed by atoms with E-state index < -0.39 is 20.6 Å². The molecule has 2 aromatic rings. The predicted molar refractivity (Wildman–Crippen MR) is 79.0 cm³/mol. The Kier molecular flexibility index (Phi) is 4.57. The maximum absolute atomic E-state index is 12.1. The molecule has 0 aliphatic heterocycles. The van der Waals surface area contributed by atoms with Crippen LogP contribution in [0.1, 0.15) is 9.88 Å². The molecule has 0 spiro atoms. The highest BCUT2D eigenvalue weighted by Gasteiger charge is 2.20. The van der Waals surface area contributed by atoms with Crippen molar-refractivity contribution < 1.29 is 13.3 Å².